The van der Waals surface area contributed by atoms with Crippen LogP contribution in [0.4, 0.5) is 11.4 Å². The fourth-order valence-corrected chi connectivity index (χ4v) is 7.31. The zero-order chi connectivity index (χ0) is 33.8. The number of aryl methyl sites for hydroxylation is 2. The van der Waals surface area contributed by atoms with Crippen LogP contribution in [-0.4, -0.2) is 32.2 Å². The number of tetrazole rings is 1. The van der Waals surface area contributed by atoms with Gasteiger partial charge in [0.1, 0.15) is 0 Å². The molecule has 0 atom stereocenters. The molecule has 0 fully saturated rings. The highest BCUT2D eigenvalue weighted by Gasteiger charge is 2.41. The molecule has 0 spiro atoms. The molecule has 5 aromatic carbocycles. The first-order valence-electron chi connectivity index (χ1n) is 16.6. The van der Waals surface area contributed by atoms with E-state index in [1.54, 1.807) is 4.80 Å². The van der Waals surface area contributed by atoms with Crippen LogP contribution in [0, 0.1) is 0 Å². The van der Waals surface area contributed by atoms with Crippen LogP contribution in [0.3, 0.4) is 0 Å². The fraction of sp³-hybridized carbons (Fsp3) is 0.143. The molecule has 49 heavy (non-hydrogen) atoms. The normalized spacial score (nSPS) is 11.4. The van der Waals surface area contributed by atoms with E-state index in [4.69, 9.17) is 20.4 Å². The second kappa shape index (κ2) is 14.0. The van der Waals surface area contributed by atoms with Gasteiger partial charge in [0.05, 0.1) is 15.9 Å². The number of aromatic nitrogens is 5. The van der Waals surface area contributed by atoms with E-state index in [9.17, 15) is 0 Å². The molecule has 0 N–H and O–H groups in total. The van der Waals surface area contributed by atoms with Crippen molar-refractivity contribution in [2.75, 3.05) is 11.9 Å². The molecule has 0 aliphatic rings. The lowest BCUT2D eigenvalue weighted by atomic mass is 9.77. The number of anilines is 2. The minimum Gasteiger partial charge on any atom is -0.344 e. The monoisotopic (exact) mass is 704 g/mol. The Labute approximate surface area is 296 Å². The van der Waals surface area contributed by atoms with Gasteiger partial charge >= 0.3 is 0 Å². The lowest BCUT2D eigenvalue weighted by molar-refractivity contribution is 0.396. The minimum atomic E-state index is -0.841. The summed E-state index contributed by atoms with van der Waals surface area (Å²) in [7, 11) is 2.10. The lowest BCUT2D eigenvalue weighted by Crippen LogP contribution is -2.39. The predicted molar refractivity (Wildman–Crippen MR) is 202 cm³/mol. The molecule has 0 aliphatic carbocycles. The molecule has 0 aliphatic heterocycles. The molecular weight excluding hydrogens is 668 g/mol. The van der Waals surface area contributed by atoms with Crippen molar-refractivity contribution in [1.82, 2.24) is 25.2 Å². The Balaban J connectivity index is 1.30. The number of hydrogen-bond acceptors (Lipinski definition) is 5. The van der Waals surface area contributed by atoms with E-state index < -0.39 is 5.54 Å². The van der Waals surface area contributed by atoms with E-state index in [1.165, 1.54) is 0 Å². The lowest BCUT2D eigenvalue weighted by Gasteiger charge is -2.34. The van der Waals surface area contributed by atoms with Gasteiger partial charge in [0, 0.05) is 24.0 Å². The highest BCUT2D eigenvalue weighted by molar-refractivity contribution is 9.10. The van der Waals surface area contributed by atoms with Gasteiger partial charge in [-0.3, -0.25) is 4.98 Å². The Morgan fingerprint density at radius 2 is 1.18 bits per heavy atom. The van der Waals surface area contributed by atoms with Gasteiger partial charge in [-0.05, 0) is 80.0 Å². The third-order valence-corrected chi connectivity index (χ3v) is 10.0. The van der Waals surface area contributed by atoms with Crippen molar-refractivity contribution in [2.45, 2.75) is 32.2 Å². The number of halogens is 1. The SMILES string of the molecule is CCc1cc(N(C)c2ccc(-c3ccccc3-c3nnn(C(c4ccccc4)(c4ccccc4)c4ccccc4)n3)cc2)c(Br)c(CC)n1. The topological polar surface area (TPSA) is 59.7 Å². The van der Waals surface area contributed by atoms with Crippen LogP contribution in [-0.2, 0) is 18.4 Å². The Kier molecular flexibility index (Phi) is 9.18. The average molecular weight is 706 g/mol. The van der Waals surface area contributed by atoms with E-state index in [1.807, 2.05) is 24.3 Å². The van der Waals surface area contributed by atoms with Gasteiger partial charge in [0.15, 0.2) is 5.54 Å². The zero-order valence-electron chi connectivity index (χ0n) is 27.8. The first-order chi connectivity index (χ1) is 24.0. The molecule has 0 saturated carbocycles. The maximum atomic E-state index is 5.17. The second-order valence-corrected chi connectivity index (χ2v) is 12.8. The molecular formula is C42H37BrN6. The van der Waals surface area contributed by atoms with Crippen molar-refractivity contribution in [2.24, 2.45) is 0 Å². The molecule has 242 valence electrons. The Morgan fingerprint density at radius 1 is 0.653 bits per heavy atom. The first-order valence-corrected chi connectivity index (χ1v) is 17.4. The molecule has 7 rings (SSSR count). The van der Waals surface area contributed by atoms with E-state index in [-0.39, 0.29) is 0 Å². The summed E-state index contributed by atoms with van der Waals surface area (Å²) in [6.07, 6.45) is 1.76. The molecule has 0 bridgehead atoms. The molecule has 0 radical (unpaired) electrons. The van der Waals surface area contributed by atoms with Crippen molar-refractivity contribution < 1.29 is 0 Å². The quantitative estimate of drug-likeness (QED) is 0.133. The van der Waals surface area contributed by atoms with Crippen LogP contribution >= 0.6 is 15.9 Å². The van der Waals surface area contributed by atoms with Crippen LogP contribution in [0.25, 0.3) is 22.5 Å². The van der Waals surface area contributed by atoms with Gasteiger partial charge in [-0.15, -0.1) is 15.0 Å². The summed E-state index contributed by atoms with van der Waals surface area (Å²) in [5.41, 5.74) is 9.66. The summed E-state index contributed by atoms with van der Waals surface area (Å²) in [4.78, 5) is 8.80. The number of hydrogen-bond donors (Lipinski definition) is 0. The van der Waals surface area contributed by atoms with Crippen molar-refractivity contribution in [1.29, 1.82) is 0 Å². The Hall–Kier alpha value is -5.40. The smallest absolute Gasteiger partial charge is 0.205 e. The molecule has 7 heteroatoms. The van der Waals surface area contributed by atoms with Crippen molar-refractivity contribution in [3.8, 4) is 22.5 Å². The third-order valence-electron chi connectivity index (χ3n) is 9.14. The molecule has 7 aromatic rings. The maximum absolute atomic E-state index is 5.17. The molecule has 2 heterocycles. The van der Waals surface area contributed by atoms with Gasteiger partial charge in [-0.1, -0.05) is 141 Å². The van der Waals surface area contributed by atoms with Crippen molar-refractivity contribution in [3.63, 3.8) is 0 Å². The summed E-state index contributed by atoms with van der Waals surface area (Å²) >= 11 is 3.82. The van der Waals surface area contributed by atoms with E-state index in [0.717, 1.165) is 73.5 Å². The molecule has 6 nitrogen and oxygen atoms in total. The van der Waals surface area contributed by atoms with E-state index >= 15 is 0 Å². The summed E-state index contributed by atoms with van der Waals surface area (Å²) in [6, 6.07) is 50.3. The predicted octanol–water partition coefficient (Wildman–Crippen LogP) is 9.90. The number of pyridine rings is 1. The molecule has 0 saturated heterocycles. The number of nitrogens with zero attached hydrogens (tertiary/aromatic N) is 6. The number of rotatable bonds is 10. The highest BCUT2D eigenvalue weighted by Crippen LogP contribution is 2.41. The highest BCUT2D eigenvalue weighted by atomic mass is 79.9. The van der Waals surface area contributed by atoms with Gasteiger partial charge < -0.3 is 4.90 Å². The van der Waals surface area contributed by atoms with Crippen molar-refractivity contribution in [3.05, 3.63) is 178 Å². The van der Waals surface area contributed by atoms with Crippen LogP contribution in [0.5, 0.6) is 0 Å². The molecule has 0 amide bonds. The fourth-order valence-electron chi connectivity index (χ4n) is 6.57. The molecule has 2 aromatic heterocycles. The summed E-state index contributed by atoms with van der Waals surface area (Å²) in [6.45, 7) is 4.28. The zero-order valence-corrected chi connectivity index (χ0v) is 29.4. The first kappa shape index (κ1) is 32.2. The Bertz CT molecular complexity index is 2070. The average Bonchev–Trinajstić information content (AvgIpc) is 3.67. The molecule has 0 unspecified atom stereocenters. The summed E-state index contributed by atoms with van der Waals surface area (Å²) < 4.78 is 1.04. The van der Waals surface area contributed by atoms with Crippen LogP contribution in [0.1, 0.15) is 41.9 Å². The van der Waals surface area contributed by atoms with Crippen LogP contribution < -0.4 is 4.90 Å². The van der Waals surface area contributed by atoms with Crippen molar-refractivity contribution >= 4 is 27.3 Å². The third kappa shape index (κ3) is 5.95. The summed E-state index contributed by atoms with van der Waals surface area (Å²) in [5, 5.41) is 14.7. The maximum Gasteiger partial charge on any atom is 0.205 e. The second-order valence-electron chi connectivity index (χ2n) is 12.0. The van der Waals surface area contributed by atoms with E-state index in [0.29, 0.717) is 5.82 Å². The van der Waals surface area contributed by atoms with Gasteiger partial charge in [0.25, 0.3) is 0 Å². The largest absolute Gasteiger partial charge is 0.344 e. The van der Waals surface area contributed by atoms with Crippen LogP contribution in [0.15, 0.2) is 150 Å². The minimum absolute atomic E-state index is 0.559. The van der Waals surface area contributed by atoms with Gasteiger partial charge in [-0.25, -0.2) is 0 Å². The van der Waals surface area contributed by atoms with E-state index in [2.05, 4.69) is 163 Å². The summed E-state index contributed by atoms with van der Waals surface area (Å²) in [5.74, 6) is 0.559. The van der Waals surface area contributed by atoms with Gasteiger partial charge in [0.2, 0.25) is 5.82 Å². The van der Waals surface area contributed by atoms with Crippen LogP contribution in [0.2, 0.25) is 0 Å². The Morgan fingerprint density at radius 3 is 1.71 bits per heavy atom. The van der Waals surface area contributed by atoms with Gasteiger partial charge in [-0.2, -0.15) is 0 Å². The standard InChI is InChI=1S/C42H37BrN6/c1-4-34-29-39(40(43)38(5-2)44-34)48(3)35-27-25-30(26-28-35)36-23-15-16-24-37(36)41-45-47-49(46-41)42(31-17-9-6-10-18-31,32-19-11-7-12-20-32)33-21-13-8-14-22-33/h6-29H,4-5H2,1-3H3. The number of benzene rings is 5.